The zero-order chi connectivity index (χ0) is 15.9. The fraction of sp³-hybridized carbons (Fsp3) is 0.267. The third-order valence-electron chi connectivity index (χ3n) is 3.41. The zero-order valence-corrected chi connectivity index (χ0v) is 12.4. The Hall–Kier alpha value is -2.34. The highest BCUT2D eigenvalue weighted by Gasteiger charge is 2.35. The molecule has 2 aromatic rings. The Kier molecular flexibility index (Phi) is 3.62. The van der Waals surface area contributed by atoms with Crippen molar-refractivity contribution in [3.8, 4) is 5.75 Å². The summed E-state index contributed by atoms with van der Waals surface area (Å²) in [6, 6.07) is 4.06. The van der Waals surface area contributed by atoms with E-state index in [-0.39, 0.29) is 30.4 Å². The Morgan fingerprint density at radius 2 is 2.27 bits per heavy atom. The first-order chi connectivity index (χ1) is 10.5. The fourth-order valence-corrected chi connectivity index (χ4v) is 2.58. The van der Waals surface area contributed by atoms with Crippen LogP contribution in [-0.4, -0.2) is 42.1 Å². The number of hydrogen-bond donors (Lipinski definition) is 0. The number of carbonyl (C=O) groups is 3. The van der Waals surface area contributed by atoms with Crippen molar-refractivity contribution in [1.82, 2.24) is 4.90 Å². The molecule has 6 nitrogen and oxygen atoms in total. The Balaban J connectivity index is 2.13. The van der Waals surface area contributed by atoms with Gasteiger partial charge in [0, 0.05) is 5.02 Å². The van der Waals surface area contributed by atoms with E-state index in [1.54, 1.807) is 18.2 Å². The topological polar surface area (TPSA) is 76.8 Å². The summed E-state index contributed by atoms with van der Waals surface area (Å²) >= 11 is 5.96. The Bertz CT molecular complexity index is 782. The zero-order valence-electron chi connectivity index (χ0n) is 11.7. The minimum atomic E-state index is -0.840. The molecule has 0 fully saturated rings. The van der Waals surface area contributed by atoms with Crippen LogP contribution in [0.2, 0.25) is 5.02 Å². The van der Waals surface area contributed by atoms with Crippen LogP contribution in [0.25, 0.3) is 11.0 Å². The van der Waals surface area contributed by atoms with Crippen LogP contribution in [0.3, 0.4) is 0 Å². The molecule has 1 atom stereocenters. The molecule has 1 amide bonds. The molecule has 22 heavy (non-hydrogen) atoms. The normalized spacial score (nSPS) is 17.8. The molecular weight excluding hydrogens is 310 g/mol. The van der Waals surface area contributed by atoms with Gasteiger partial charge in [0.1, 0.15) is 30.3 Å². The number of amides is 1. The standard InChI is InChI=1S/C15H12ClNO5/c1-8(19)5-17-10(6-18)7-21-13-11-4-9(16)2-3-12(11)22-14(13)15(17)20/h2-4,6,10H,5,7H2,1H3. The molecular formula is C15H12ClNO5. The third kappa shape index (κ3) is 2.35. The van der Waals surface area contributed by atoms with Crippen LogP contribution in [0.4, 0.5) is 0 Å². The van der Waals surface area contributed by atoms with Crippen molar-refractivity contribution in [2.45, 2.75) is 13.0 Å². The monoisotopic (exact) mass is 321 g/mol. The van der Waals surface area contributed by atoms with Gasteiger partial charge in [0.2, 0.25) is 5.76 Å². The van der Waals surface area contributed by atoms with Gasteiger partial charge in [0.05, 0.1) is 11.9 Å². The van der Waals surface area contributed by atoms with Gasteiger partial charge in [-0.15, -0.1) is 0 Å². The van der Waals surface area contributed by atoms with E-state index in [1.165, 1.54) is 6.92 Å². The molecule has 7 heteroatoms. The predicted molar refractivity (Wildman–Crippen MR) is 78.3 cm³/mol. The second-order valence-corrected chi connectivity index (χ2v) is 5.49. The number of hydrogen-bond acceptors (Lipinski definition) is 5. The van der Waals surface area contributed by atoms with Gasteiger partial charge in [-0.3, -0.25) is 9.59 Å². The van der Waals surface area contributed by atoms with Crippen LogP contribution < -0.4 is 4.74 Å². The second kappa shape index (κ2) is 5.46. The van der Waals surface area contributed by atoms with Gasteiger partial charge in [0.25, 0.3) is 5.91 Å². The van der Waals surface area contributed by atoms with Crippen LogP contribution in [0.5, 0.6) is 5.75 Å². The van der Waals surface area contributed by atoms with Gasteiger partial charge in [-0.1, -0.05) is 11.6 Å². The maximum absolute atomic E-state index is 12.6. The number of ether oxygens (including phenoxy) is 1. The van der Waals surface area contributed by atoms with Gasteiger partial charge < -0.3 is 18.8 Å². The number of rotatable bonds is 3. The van der Waals surface area contributed by atoms with E-state index in [9.17, 15) is 14.4 Å². The largest absolute Gasteiger partial charge is 0.486 e. The van der Waals surface area contributed by atoms with E-state index in [1.807, 2.05) is 0 Å². The van der Waals surface area contributed by atoms with Crippen molar-refractivity contribution >= 4 is 40.5 Å². The van der Waals surface area contributed by atoms with E-state index in [0.717, 1.165) is 4.90 Å². The average molecular weight is 322 g/mol. The van der Waals surface area contributed by atoms with E-state index in [2.05, 4.69) is 0 Å². The van der Waals surface area contributed by atoms with Crippen LogP contribution in [0, 0.1) is 0 Å². The first-order valence-electron chi connectivity index (χ1n) is 6.62. The van der Waals surface area contributed by atoms with Crippen molar-refractivity contribution in [1.29, 1.82) is 0 Å². The highest BCUT2D eigenvalue weighted by atomic mass is 35.5. The Morgan fingerprint density at radius 3 is 2.95 bits per heavy atom. The smallest absolute Gasteiger partial charge is 0.294 e. The summed E-state index contributed by atoms with van der Waals surface area (Å²) in [5.74, 6) is -0.557. The predicted octanol–water partition coefficient (Wildman–Crippen LogP) is 2.08. The molecule has 1 unspecified atom stereocenters. The summed E-state index contributed by atoms with van der Waals surface area (Å²) < 4.78 is 11.1. The lowest BCUT2D eigenvalue weighted by molar-refractivity contribution is -0.119. The van der Waals surface area contributed by atoms with Gasteiger partial charge in [0.15, 0.2) is 5.75 Å². The molecule has 0 saturated heterocycles. The van der Waals surface area contributed by atoms with Gasteiger partial charge in [-0.05, 0) is 25.1 Å². The molecule has 0 aliphatic carbocycles. The van der Waals surface area contributed by atoms with E-state index in [0.29, 0.717) is 22.3 Å². The number of fused-ring (bicyclic) bond motifs is 3. The fourth-order valence-electron chi connectivity index (χ4n) is 2.41. The molecule has 1 aromatic heterocycles. The highest BCUT2D eigenvalue weighted by molar-refractivity contribution is 6.31. The Morgan fingerprint density at radius 1 is 1.50 bits per heavy atom. The lowest BCUT2D eigenvalue weighted by Crippen LogP contribution is -2.45. The molecule has 0 saturated carbocycles. The van der Waals surface area contributed by atoms with Crippen molar-refractivity contribution in [2.24, 2.45) is 0 Å². The van der Waals surface area contributed by atoms with Crippen LogP contribution in [0.15, 0.2) is 22.6 Å². The summed E-state index contributed by atoms with van der Waals surface area (Å²) in [7, 11) is 0. The summed E-state index contributed by atoms with van der Waals surface area (Å²) in [5, 5.41) is 1.04. The van der Waals surface area contributed by atoms with Crippen molar-refractivity contribution in [3.05, 3.63) is 29.0 Å². The first kappa shape index (κ1) is 14.6. The number of halogens is 1. The van der Waals surface area contributed by atoms with Gasteiger partial charge in [-0.25, -0.2) is 0 Å². The molecule has 1 aromatic carbocycles. The molecule has 3 rings (SSSR count). The number of nitrogens with zero attached hydrogens (tertiary/aromatic N) is 1. The molecule has 0 radical (unpaired) electrons. The summed E-state index contributed by atoms with van der Waals surface area (Å²) in [5.41, 5.74) is 0.454. The van der Waals surface area contributed by atoms with Crippen molar-refractivity contribution in [3.63, 3.8) is 0 Å². The number of Topliss-reactive ketones (excluding diaryl/α,β-unsaturated/α-hetero) is 1. The first-order valence-corrected chi connectivity index (χ1v) is 6.99. The highest BCUT2D eigenvalue weighted by Crippen LogP contribution is 2.37. The third-order valence-corrected chi connectivity index (χ3v) is 3.64. The maximum atomic E-state index is 12.6. The van der Waals surface area contributed by atoms with Crippen LogP contribution >= 0.6 is 11.6 Å². The quantitative estimate of drug-likeness (QED) is 0.809. The lowest BCUT2D eigenvalue weighted by Gasteiger charge is -2.23. The number of furan rings is 1. The number of carbonyl (C=O) groups excluding carboxylic acids is 3. The minimum Gasteiger partial charge on any atom is -0.486 e. The van der Waals surface area contributed by atoms with E-state index in [4.69, 9.17) is 20.8 Å². The van der Waals surface area contributed by atoms with Crippen molar-refractivity contribution in [2.75, 3.05) is 13.2 Å². The molecule has 1 aliphatic heterocycles. The number of aldehydes is 1. The van der Waals surface area contributed by atoms with Gasteiger partial charge >= 0.3 is 0 Å². The van der Waals surface area contributed by atoms with Crippen molar-refractivity contribution < 1.29 is 23.5 Å². The molecule has 0 spiro atoms. The van der Waals surface area contributed by atoms with E-state index < -0.39 is 11.9 Å². The number of benzene rings is 1. The molecule has 114 valence electrons. The minimum absolute atomic E-state index is 0.0251. The lowest BCUT2D eigenvalue weighted by atomic mass is 10.2. The van der Waals surface area contributed by atoms with Crippen LogP contribution in [-0.2, 0) is 9.59 Å². The molecule has 0 N–H and O–H groups in total. The summed E-state index contributed by atoms with van der Waals surface area (Å²) in [6.45, 7) is 1.12. The summed E-state index contributed by atoms with van der Waals surface area (Å²) in [6.07, 6.45) is 0.585. The Labute approximate surface area is 130 Å². The second-order valence-electron chi connectivity index (χ2n) is 5.05. The molecule has 1 aliphatic rings. The maximum Gasteiger partial charge on any atom is 0.294 e. The summed E-state index contributed by atoms with van der Waals surface area (Å²) in [4.78, 5) is 36.3. The van der Waals surface area contributed by atoms with E-state index >= 15 is 0 Å². The van der Waals surface area contributed by atoms with Crippen LogP contribution in [0.1, 0.15) is 17.5 Å². The average Bonchev–Trinajstić information content (AvgIpc) is 2.77. The number of ketones is 1. The van der Waals surface area contributed by atoms with Gasteiger partial charge in [-0.2, -0.15) is 0 Å². The molecule has 0 bridgehead atoms. The SMILES string of the molecule is CC(=O)CN1C(=O)c2oc3ccc(Cl)cc3c2OCC1C=O. The molecule has 2 heterocycles.